The molecule has 0 aliphatic heterocycles. The molecule has 1 N–H and O–H groups in total. The first kappa shape index (κ1) is 41.0. The maximum Gasteiger partial charge on any atom is 0.0512 e. The summed E-state index contributed by atoms with van der Waals surface area (Å²) in [6.45, 7) is 4.21. The third kappa shape index (κ3) is 40.0. The molecular formula is C40H82O. The van der Waals surface area contributed by atoms with Crippen LogP contribution in [0.2, 0.25) is 0 Å². The van der Waals surface area contributed by atoms with Crippen molar-refractivity contribution in [2.24, 2.45) is 0 Å². The normalized spacial score (nSPS) is 12.4. The van der Waals surface area contributed by atoms with E-state index in [-0.39, 0.29) is 6.10 Å². The molecule has 0 heterocycles. The molecule has 0 amide bonds. The highest BCUT2D eigenvalue weighted by atomic mass is 16.3. The molecule has 0 radical (unpaired) electrons. The van der Waals surface area contributed by atoms with Crippen molar-refractivity contribution in [2.45, 2.75) is 258 Å². The minimum atomic E-state index is -0.104. The Balaban J connectivity index is 3.03. The number of unbranched alkanes of at least 4 members (excludes halogenated alkanes) is 35. The Morgan fingerprint density at radius 2 is 0.415 bits per heavy atom. The molecule has 0 unspecified atom stereocenters. The van der Waals surface area contributed by atoms with Gasteiger partial charge in [-0.05, 0) is 13.3 Å². The van der Waals surface area contributed by atoms with Crippen LogP contribution in [0.15, 0.2) is 0 Å². The van der Waals surface area contributed by atoms with Crippen LogP contribution >= 0.6 is 0 Å². The summed E-state index contributed by atoms with van der Waals surface area (Å²) in [6, 6.07) is 0. The second kappa shape index (κ2) is 38.0. The number of hydrogen-bond acceptors (Lipinski definition) is 1. The van der Waals surface area contributed by atoms with Crippen LogP contribution in [0.1, 0.15) is 251 Å². The molecule has 41 heavy (non-hydrogen) atoms. The molecule has 0 bridgehead atoms. The van der Waals surface area contributed by atoms with Crippen molar-refractivity contribution in [3.05, 3.63) is 0 Å². The zero-order valence-corrected chi connectivity index (χ0v) is 29.2. The predicted molar refractivity (Wildman–Crippen MR) is 188 cm³/mol. The van der Waals surface area contributed by atoms with E-state index in [4.69, 9.17) is 0 Å². The van der Waals surface area contributed by atoms with Crippen LogP contribution in [-0.4, -0.2) is 11.2 Å². The lowest BCUT2D eigenvalue weighted by Crippen LogP contribution is -1.98. The fourth-order valence-corrected chi connectivity index (χ4v) is 6.52. The Labute approximate surface area is 262 Å². The number of hydrogen-bond donors (Lipinski definition) is 1. The van der Waals surface area contributed by atoms with Crippen molar-refractivity contribution in [1.82, 2.24) is 0 Å². The first-order valence-electron chi connectivity index (χ1n) is 20.0. The van der Waals surface area contributed by atoms with Gasteiger partial charge in [0, 0.05) is 0 Å². The van der Waals surface area contributed by atoms with E-state index < -0.39 is 0 Å². The summed E-state index contributed by atoms with van der Waals surface area (Å²) < 4.78 is 0. The molecule has 0 aliphatic rings. The van der Waals surface area contributed by atoms with Crippen LogP contribution < -0.4 is 0 Å². The zero-order valence-electron chi connectivity index (χ0n) is 29.2. The van der Waals surface area contributed by atoms with Crippen LogP contribution in [0.5, 0.6) is 0 Å². The lowest BCUT2D eigenvalue weighted by atomic mass is 10.0. The Kier molecular flexibility index (Phi) is 37.9. The third-order valence-corrected chi connectivity index (χ3v) is 9.48. The van der Waals surface area contributed by atoms with Crippen molar-refractivity contribution in [1.29, 1.82) is 0 Å². The van der Waals surface area contributed by atoms with Crippen molar-refractivity contribution in [3.8, 4) is 0 Å². The van der Waals surface area contributed by atoms with E-state index in [0.29, 0.717) is 0 Å². The molecule has 248 valence electrons. The summed E-state index contributed by atoms with van der Waals surface area (Å²) in [5, 5.41) is 9.28. The molecular weight excluding hydrogens is 496 g/mol. The number of rotatable bonds is 37. The fourth-order valence-electron chi connectivity index (χ4n) is 6.52. The second-order valence-electron chi connectivity index (χ2n) is 14.0. The molecule has 1 nitrogen and oxygen atoms in total. The molecule has 0 saturated carbocycles. The van der Waals surface area contributed by atoms with Gasteiger partial charge in [0.2, 0.25) is 0 Å². The highest BCUT2D eigenvalue weighted by Crippen LogP contribution is 2.17. The van der Waals surface area contributed by atoms with Gasteiger partial charge in [-0.3, -0.25) is 0 Å². The molecule has 0 aliphatic carbocycles. The van der Waals surface area contributed by atoms with Crippen molar-refractivity contribution < 1.29 is 5.11 Å². The van der Waals surface area contributed by atoms with Crippen LogP contribution in [0.25, 0.3) is 0 Å². The van der Waals surface area contributed by atoms with E-state index in [2.05, 4.69) is 6.92 Å². The molecule has 0 aromatic rings. The average Bonchev–Trinajstić information content (AvgIpc) is 2.97. The summed E-state index contributed by atoms with van der Waals surface area (Å²) in [5.74, 6) is 0. The Hall–Kier alpha value is -0.0400. The highest BCUT2D eigenvalue weighted by molar-refractivity contribution is 4.54. The summed E-state index contributed by atoms with van der Waals surface area (Å²) in [5.41, 5.74) is 0. The van der Waals surface area contributed by atoms with Gasteiger partial charge in [-0.2, -0.15) is 0 Å². The number of aliphatic hydroxyl groups is 1. The Morgan fingerprint density at radius 3 is 0.561 bits per heavy atom. The monoisotopic (exact) mass is 579 g/mol. The van der Waals surface area contributed by atoms with Gasteiger partial charge in [-0.1, -0.05) is 238 Å². The van der Waals surface area contributed by atoms with Gasteiger partial charge >= 0.3 is 0 Å². The van der Waals surface area contributed by atoms with Gasteiger partial charge in [-0.15, -0.1) is 0 Å². The standard InChI is InChI=1S/C40H82O/c1-3-4-5-6-7-8-9-10-11-12-13-14-15-16-17-18-19-20-21-22-23-24-25-26-27-28-29-30-31-32-33-34-35-36-37-38-39-40(2)41/h40-41H,3-39H2,1-2H3/t40-/m0/s1. The summed E-state index contributed by atoms with van der Waals surface area (Å²) in [7, 11) is 0. The predicted octanol–water partition coefficient (Wildman–Crippen LogP) is 14.8. The third-order valence-electron chi connectivity index (χ3n) is 9.48. The average molecular weight is 579 g/mol. The Morgan fingerprint density at radius 1 is 0.268 bits per heavy atom. The van der Waals surface area contributed by atoms with Crippen LogP contribution in [-0.2, 0) is 0 Å². The van der Waals surface area contributed by atoms with Gasteiger partial charge in [0.15, 0.2) is 0 Å². The molecule has 1 atom stereocenters. The highest BCUT2D eigenvalue weighted by Gasteiger charge is 1.98. The maximum absolute atomic E-state index is 9.28. The van der Waals surface area contributed by atoms with Gasteiger partial charge in [0.25, 0.3) is 0 Å². The van der Waals surface area contributed by atoms with E-state index in [9.17, 15) is 5.11 Å². The van der Waals surface area contributed by atoms with Crippen LogP contribution in [0.4, 0.5) is 0 Å². The fraction of sp³-hybridized carbons (Fsp3) is 1.00. The van der Waals surface area contributed by atoms with E-state index in [0.717, 1.165) is 6.42 Å². The molecule has 0 aromatic heterocycles. The van der Waals surface area contributed by atoms with Crippen molar-refractivity contribution in [2.75, 3.05) is 0 Å². The number of aliphatic hydroxyl groups excluding tert-OH is 1. The molecule has 0 rings (SSSR count). The van der Waals surface area contributed by atoms with Crippen molar-refractivity contribution in [3.63, 3.8) is 0 Å². The topological polar surface area (TPSA) is 20.2 Å². The first-order valence-corrected chi connectivity index (χ1v) is 20.0. The minimum absolute atomic E-state index is 0.104. The SMILES string of the molecule is CCCCCCCCCCCCCCCCCCCCCCCCCCCCCCCCCCCCCC[C@H](C)O. The van der Waals surface area contributed by atoms with Crippen LogP contribution in [0, 0.1) is 0 Å². The van der Waals surface area contributed by atoms with E-state index >= 15 is 0 Å². The molecule has 0 aromatic carbocycles. The molecule has 0 fully saturated rings. The largest absolute Gasteiger partial charge is 0.393 e. The lowest BCUT2D eigenvalue weighted by molar-refractivity contribution is 0.180. The summed E-state index contributed by atoms with van der Waals surface area (Å²) in [6.07, 6.45) is 53.3. The molecule has 1 heteroatoms. The second-order valence-corrected chi connectivity index (χ2v) is 14.0. The van der Waals surface area contributed by atoms with Gasteiger partial charge in [-0.25, -0.2) is 0 Å². The summed E-state index contributed by atoms with van der Waals surface area (Å²) >= 11 is 0. The summed E-state index contributed by atoms with van der Waals surface area (Å²) in [4.78, 5) is 0. The smallest absolute Gasteiger partial charge is 0.0512 e. The van der Waals surface area contributed by atoms with Crippen molar-refractivity contribution >= 4 is 0 Å². The van der Waals surface area contributed by atoms with Gasteiger partial charge in [0.05, 0.1) is 6.10 Å². The first-order chi connectivity index (χ1) is 20.3. The van der Waals surface area contributed by atoms with Gasteiger partial charge in [0.1, 0.15) is 0 Å². The quantitative estimate of drug-likeness (QED) is 0.0727. The van der Waals surface area contributed by atoms with Crippen LogP contribution in [0.3, 0.4) is 0 Å². The Bertz CT molecular complexity index is 431. The van der Waals surface area contributed by atoms with E-state index in [1.807, 2.05) is 6.92 Å². The van der Waals surface area contributed by atoms with E-state index in [1.54, 1.807) is 0 Å². The minimum Gasteiger partial charge on any atom is -0.393 e. The lowest BCUT2D eigenvalue weighted by Gasteiger charge is -2.05. The van der Waals surface area contributed by atoms with E-state index in [1.165, 1.54) is 231 Å². The maximum atomic E-state index is 9.28. The van der Waals surface area contributed by atoms with Gasteiger partial charge < -0.3 is 5.11 Å². The molecule has 0 saturated heterocycles. The zero-order chi connectivity index (χ0) is 29.7. The molecule has 0 spiro atoms.